The van der Waals surface area contributed by atoms with E-state index in [0.717, 1.165) is 0 Å². The average Bonchev–Trinajstić information content (AvgIpc) is 2.48. The molecule has 0 amide bonds. The minimum Gasteiger partial charge on any atom is 0 e. The van der Waals surface area contributed by atoms with E-state index in [4.69, 9.17) is 50.2 Å². The van der Waals surface area contributed by atoms with Gasteiger partial charge in [-0.15, -0.1) is 0 Å². The largest absolute Gasteiger partial charge is 0 e. The second kappa shape index (κ2) is 27.9. The molecule has 1 radical (unpaired) electrons. The standard InChI is InChI=1S/2C6H9O10P.5Ca.Cu.10H/c2*7-3(8)1-6(5(11)12,2-4(9)10)16-17(13,14)15;;;;;;;;;;;;;;;;/h2*1-2H2,(H,7,8)(H,9,10)(H,11,12)(H2,13,14,15);;;;;;;;;;;;;;;;. The van der Waals surface area contributed by atoms with Crippen molar-refractivity contribution in [2.45, 2.75) is 36.9 Å². The Balaban J connectivity index is -0.0000000742. The Bertz CT molecular complexity index is 831. The maximum Gasteiger partial charge on any atom is 0 e. The molecule has 0 fully saturated rings. The average molecular weight is 818 g/mol. The van der Waals surface area contributed by atoms with Crippen LogP contribution in [0, 0.1) is 0 Å². The van der Waals surface area contributed by atoms with Gasteiger partial charge in [-0.2, -0.15) is 0 Å². The first kappa shape index (κ1) is 62.7. The molecular weight excluding hydrogens is 790 g/mol. The van der Waals surface area contributed by atoms with E-state index < -0.39 is 88.3 Å². The quantitative estimate of drug-likeness (QED) is 0.0575. The fourth-order valence-corrected chi connectivity index (χ4v) is 3.39. The van der Waals surface area contributed by atoms with Crippen LogP contribution in [-0.2, 0) is 64.0 Å². The zero-order valence-electron chi connectivity index (χ0n) is 16.6. The van der Waals surface area contributed by atoms with Gasteiger partial charge in [-0.3, -0.25) is 28.2 Å². The second-order valence-corrected chi connectivity index (χ2v) is 8.37. The van der Waals surface area contributed by atoms with Crippen LogP contribution in [0.5, 0.6) is 0 Å². The summed E-state index contributed by atoms with van der Waals surface area (Å²) in [6, 6.07) is 0. The maximum atomic E-state index is 10.8. The van der Waals surface area contributed by atoms with Crippen LogP contribution in [0.1, 0.15) is 25.7 Å². The van der Waals surface area contributed by atoms with Crippen molar-refractivity contribution in [2.75, 3.05) is 0 Å². The molecule has 0 bridgehead atoms. The number of carboxylic acid groups (broad SMARTS) is 6. The van der Waals surface area contributed by atoms with E-state index in [9.17, 15) is 37.9 Å². The molecule has 227 valence electrons. The molecule has 0 aromatic rings. The van der Waals surface area contributed by atoms with Crippen molar-refractivity contribution in [1.29, 1.82) is 0 Å². The Kier molecular flexibility index (Phi) is 43.7. The zero-order valence-corrected chi connectivity index (χ0v) is 19.3. The smallest absolute Gasteiger partial charge is 0 e. The van der Waals surface area contributed by atoms with Crippen LogP contribution in [-0.4, -0.2) is 286 Å². The van der Waals surface area contributed by atoms with Crippen molar-refractivity contribution in [2.24, 2.45) is 0 Å². The van der Waals surface area contributed by atoms with Crippen molar-refractivity contribution in [3.8, 4) is 0 Å². The summed E-state index contributed by atoms with van der Waals surface area (Å²) in [5, 5.41) is 51.1. The summed E-state index contributed by atoms with van der Waals surface area (Å²) in [5.41, 5.74) is -6.03. The molecule has 20 nitrogen and oxygen atoms in total. The number of rotatable bonds is 14. The minimum atomic E-state index is -5.36. The summed E-state index contributed by atoms with van der Waals surface area (Å²) in [6.45, 7) is 0. The summed E-state index contributed by atoms with van der Waals surface area (Å²) in [6.07, 6.45) is -5.61. The molecule has 10 N–H and O–H groups in total. The number of carboxylic acids is 6. The number of hydrogen-bond donors (Lipinski definition) is 10. The Morgan fingerprint density at radius 2 is 0.625 bits per heavy atom. The van der Waals surface area contributed by atoms with E-state index >= 15 is 0 Å². The molecule has 0 aliphatic rings. The van der Waals surface area contributed by atoms with Gasteiger partial charge in [0.25, 0.3) is 0 Å². The predicted octanol–water partition coefficient (Wildman–Crippen LogP) is -6.85. The molecular formula is C12H28Ca5CuO20P2. The van der Waals surface area contributed by atoms with Gasteiger partial charge in [0.15, 0.2) is 11.2 Å². The van der Waals surface area contributed by atoms with E-state index in [1.807, 2.05) is 0 Å². The van der Waals surface area contributed by atoms with Gasteiger partial charge in [0.1, 0.15) is 0 Å². The SMILES string of the molecule is O=C(O)CC(CC(=O)O)(OP(=O)(O)O)C(=O)O.O=C(O)CC(CC(=O)O)(OP(=O)(O)O)C(=O)O.[CaH2].[CaH2].[CaH2].[CaH2].[CaH2].[Cu]. The molecule has 0 aromatic carbocycles. The second-order valence-electron chi connectivity index (χ2n) is 6.04. The number of carbonyl (C=O) groups is 6. The third-order valence-corrected chi connectivity index (χ3v) is 4.29. The van der Waals surface area contributed by atoms with Crippen LogP contribution in [0.15, 0.2) is 0 Å². The number of phosphoric ester groups is 2. The van der Waals surface area contributed by atoms with Crippen LogP contribution < -0.4 is 0 Å². The zero-order chi connectivity index (χ0) is 27.7. The van der Waals surface area contributed by atoms with Crippen molar-refractivity contribution in [3.63, 3.8) is 0 Å². The van der Waals surface area contributed by atoms with E-state index in [1.165, 1.54) is 0 Å². The molecule has 40 heavy (non-hydrogen) atoms. The monoisotopic (exact) mass is 817 g/mol. The van der Waals surface area contributed by atoms with E-state index in [0.29, 0.717) is 0 Å². The van der Waals surface area contributed by atoms with Gasteiger partial charge in [0.05, 0.1) is 25.7 Å². The molecule has 0 heterocycles. The molecule has 0 aliphatic carbocycles. The van der Waals surface area contributed by atoms with Crippen LogP contribution in [0.4, 0.5) is 0 Å². The number of aliphatic carboxylic acids is 6. The Labute approximate surface area is 383 Å². The van der Waals surface area contributed by atoms with E-state index in [-0.39, 0.29) is 206 Å². The third kappa shape index (κ3) is 30.5. The molecule has 0 unspecified atom stereocenters. The fourth-order valence-electron chi connectivity index (χ4n) is 2.07. The first-order valence-corrected chi connectivity index (χ1v) is 10.9. The first-order chi connectivity index (χ1) is 15.0. The van der Waals surface area contributed by atoms with Crippen LogP contribution in [0.3, 0.4) is 0 Å². The summed E-state index contributed by atoms with van der Waals surface area (Å²) in [5.74, 6) is -11.3. The maximum absolute atomic E-state index is 10.8. The van der Waals surface area contributed by atoms with Crippen molar-refractivity contribution in [3.05, 3.63) is 0 Å². The van der Waals surface area contributed by atoms with Gasteiger partial charge >= 0.3 is 240 Å². The fraction of sp³-hybridized carbons (Fsp3) is 0.500. The van der Waals surface area contributed by atoms with Crippen LogP contribution in [0.2, 0.25) is 0 Å². The van der Waals surface area contributed by atoms with E-state index in [1.54, 1.807) is 0 Å². The molecule has 0 aliphatic heterocycles. The van der Waals surface area contributed by atoms with Crippen LogP contribution >= 0.6 is 15.6 Å². The normalized spacial score (nSPS) is 10.3. The van der Waals surface area contributed by atoms with Gasteiger partial charge in [-0.25, -0.2) is 18.7 Å². The summed E-state index contributed by atoms with van der Waals surface area (Å²) >= 11 is 0. The molecule has 0 spiro atoms. The van der Waals surface area contributed by atoms with Gasteiger partial charge in [-0.05, 0) is 0 Å². The molecule has 0 atom stereocenters. The molecule has 0 saturated heterocycles. The predicted molar refractivity (Wildman–Crippen MR) is 139 cm³/mol. The Morgan fingerprint density at radius 1 is 0.475 bits per heavy atom. The Hall–Kier alpha value is 3.86. The third-order valence-electron chi connectivity index (χ3n) is 3.11. The van der Waals surface area contributed by atoms with Gasteiger partial charge in [0, 0.05) is 17.1 Å². The van der Waals surface area contributed by atoms with Gasteiger partial charge < -0.3 is 50.2 Å². The molecule has 28 heteroatoms. The number of hydrogen-bond acceptors (Lipinski definition) is 10. The van der Waals surface area contributed by atoms with Gasteiger partial charge in [0.2, 0.25) is 0 Å². The van der Waals surface area contributed by atoms with E-state index in [2.05, 4.69) is 9.05 Å². The Morgan fingerprint density at radius 3 is 0.700 bits per heavy atom. The molecule has 0 saturated carbocycles. The minimum absolute atomic E-state index is 0. The molecule has 0 rings (SSSR count). The molecule has 0 aromatic heterocycles. The summed E-state index contributed by atoms with van der Waals surface area (Å²) < 4.78 is 28.7. The van der Waals surface area contributed by atoms with Crippen LogP contribution in [0.25, 0.3) is 0 Å². The first-order valence-electron chi connectivity index (χ1n) is 7.83. The number of phosphoric acid groups is 2. The topological polar surface area (TPSA) is 357 Å². The van der Waals surface area contributed by atoms with Gasteiger partial charge in [-0.1, -0.05) is 0 Å². The van der Waals surface area contributed by atoms with Crippen molar-refractivity contribution >= 4 is 240 Å². The van der Waals surface area contributed by atoms with Crippen molar-refractivity contribution in [1.82, 2.24) is 0 Å². The summed E-state index contributed by atoms with van der Waals surface area (Å²) in [7, 11) is -10.7. The van der Waals surface area contributed by atoms with Crippen molar-refractivity contribution < 1.29 is 114 Å². The summed E-state index contributed by atoms with van der Waals surface area (Å²) in [4.78, 5) is 97.0.